The van der Waals surface area contributed by atoms with E-state index in [4.69, 9.17) is 4.74 Å². The molecule has 0 unspecified atom stereocenters. The number of amides is 2. The number of ether oxygens (including phenoxy) is 2. The first kappa shape index (κ1) is 16.5. The van der Waals surface area contributed by atoms with E-state index in [1.807, 2.05) is 0 Å². The summed E-state index contributed by atoms with van der Waals surface area (Å²) in [6, 6.07) is 11.0. The van der Waals surface area contributed by atoms with Crippen LogP contribution in [-0.2, 0) is 0 Å². The molecule has 0 fully saturated rings. The van der Waals surface area contributed by atoms with Crippen molar-refractivity contribution < 1.29 is 27.4 Å². The summed E-state index contributed by atoms with van der Waals surface area (Å²) < 4.78 is 45.0. The maximum atomic E-state index is 12.1. The van der Waals surface area contributed by atoms with Gasteiger partial charge in [0.1, 0.15) is 11.5 Å². The van der Waals surface area contributed by atoms with Gasteiger partial charge >= 0.3 is 12.4 Å². The lowest BCUT2D eigenvalue weighted by molar-refractivity contribution is -0.274. The van der Waals surface area contributed by atoms with E-state index in [0.717, 1.165) is 12.1 Å². The lowest BCUT2D eigenvalue weighted by Gasteiger charge is -2.12. The van der Waals surface area contributed by atoms with Gasteiger partial charge in [-0.1, -0.05) is 12.1 Å². The number of nitrogens with one attached hydrogen (secondary N) is 2. The fourth-order valence-electron chi connectivity index (χ4n) is 1.77. The number of methoxy groups -OCH3 is 1. The number of hydrogen-bond donors (Lipinski definition) is 2. The second kappa shape index (κ2) is 6.91. The van der Waals surface area contributed by atoms with E-state index in [1.54, 1.807) is 24.3 Å². The molecule has 0 bridgehead atoms. The molecule has 0 aliphatic heterocycles. The zero-order valence-electron chi connectivity index (χ0n) is 12.0. The van der Waals surface area contributed by atoms with Crippen LogP contribution in [0.2, 0.25) is 0 Å². The van der Waals surface area contributed by atoms with Gasteiger partial charge in [0.25, 0.3) is 0 Å². The van der Waals surface area contributed by atoms with Crippen molar-refractivity contribution in [3.8, 4) is 11.5 Å². The van der Waals surface area contributed by atoms with Crippen LogP contribution in [0.15, 0.2) is 48.5 Å². The van der Waals surface area contributed by atoms with E-state index < -0.39 is 12.4 Å². The summed E-state index contributed by atoms with van der Waals surface area (Å²) in [6.07, 6.45) is -4.75. The van der Waals surface area contributed by atoms with Gasteiger partial charge in [-0.15, -0.1) is 13.2 Å². The van der Waals surface area contributed by atoms with Crippen molar-refractivity contribution in [2.45, 2.75) is 6.36 Å². The highest BCUT2D eigenvalue weighted by atomic mass is 19.4. The topological polar surface area (TPSA) is 59.6 Å². The van der Waals surface area contributed by atoms with E-state index in [1.165, 1.54) is 19.2 Å². The summed E-state index contributed by atoms with van der Waals surface area (Å²) >= 11 is 0. The molecular weight excluding hydrogens is 313 g/mol. The predicted molar refractivity (Wildman–Crippen MR) is 78.8 cm³/mol. The lowest BCUT2D eigenvalue weighted by Crippen LogP contribution is -2.20. The second-order valence-electron chi connectivity index (χ2n) is 4.35. The maximum absolute atomic E-state index is 12.1. The molecule has 122 valence electrons. The normalized spacial score (nSPS) is 10.8. The molecule has 0 heterocycles. The standard InChI is InChI=1S/C15H13F3N2O3/c1-22-13-5-3-2-4-12(13)20-14(21)19-10-6-8-11(9-7-10)23-15(16,17)18/h2-9H,1H3,(H2,19,20,21). The van der Waals surface area contributed by atoms with Crippen LogP contribution >= 0.6 is 0 Å². The van der Waals surface area contributed by atoms with Gasteiger partial charge in [-0.3, -0.25) is 0 Å². The maximum Gasteiger partial charge on any atom is 0.573 e. The molecule has 2 rings (SSSR count). The number of halogens is 3. The average molecular weight is 326 g/mol. The van der Waals surface area contributed by atoms with Gasteiger partial charge in [0.15, 0.2) is 0 Å². The van der Waals surface area contributed by atoms with Gasteiger partial charge in [0, 0.05) is 5.69 Å². The lowest BCUT2D eigenvalue weighted by atomic mass is 10.3. The molecule has 0 radical (unpaired) electrons. The van der Waals surface area contributed by atoms with Gasteiger partial charge in [-0.25, -0.2) is 4.79 Å². The van der Waals surface area contributed by atoms with Crippen LogP contribution in [0.4, 0.5) is 29.3 Å². The van der Waals surface area contributed by atoms with Crippen LogP contribution in [0, 0.1) is 0 Å². The zero-order valence-corrected chi connectivity index (χ0v) is 12.0. The van der Waals surface area contributed by atoms with Crippen molar-refractivity contribution in [1.29, 1.82) is 0 Å². The minimum Gasteiger partial charge on any atom is -0.495 e. The number of rotatable bonds is 4. The first-order valence-corrected chi connectivity index (χ1v) is 6.44. The number of benzene rings is 2. The van der Waals surface area contributed by atoms with Crippen molar-refractivity contribution in [1.82, 2.24) is 0 Å². The third-order valence-corrected chi connectivity index (χ3v) is 2.70. The minimum absolute atomic E-state index is 0.312. The number of para-hydroxylation sites is 2. The van der Waals surface area contributed by atoms with E-state index in [0.29, 0.717) is 17.1 Å². The second-order valence-corrected chi connectivity index (χ2v) is 4.35. The smallest absolute Gasteiger partial charge is 0.495 e. The molecule has 0 saturated heterocycles. The Morgan fingerprint density at radius 2 is 1.65 bits per heavy atom. The third kappa shape index (κ3) is 5.10. The summed E-state index contributed by atoms with van der Waals surface area (Å²) in [5.74, 6) is 0.116. The number of urea groups is 1. The first-order valence-electron chi connectivity index (χ1n) is 6.44. The largest absolute Gasteiger partial charge is 0.573 e. The van der Waals surface area contributed by atoms with Crippen LogP contribution in [0.25, 0.3) is 0 Å². The monoisotopic (exact) mass is 326 g/mol. The van der Waals surface area contributed by atoms with Crippen LogP contribution in [0.5, 0.6) is 11.5 Å². The van der Waals surface area contributed by atoms with Crippen LogP contribution in [0.3, 0.4) is 0 Å². The van der Waals surface area contributed by atoms with Gasteiger partial charge in [0.05, 0.1) is 12.8 Å². The molecule has 2 aromatic rings. The molecule has 0 saturated carbocycles. The summed E-state index contributed by atoms with van der Waals surface area (Å²) in [4.78, 5) is 11.9. The van der Waals surface area contributed by atoms with Gasteiger partial charge < -0.3 is 20.1 Å². The molecule has 0 aliphatic rings. The Morgan fingerprint density at radius 3 is 2.26 bits per heavy atom. The van der Waals surface area contributed by atoms with Gasteiger partial charge in [-0.05, 0) is 36.4 Å². The fourth-order valence-corrected chi connectivity index (χ4v) is 1.77. The minimum atomic E-state index is -4.75. The summed E-state index contributed by atoms with van der Waals surface area (Å²) in [7, 11) is 1.47. The van der Waals surface area contributed by atoms with Crippen LogP contribution in [-0.4, -0.2) is 19.5 Å². The first-order chi connectivity index (χ1) is 10.9. The van der Waals surface area contributed by atoms with Crippen molar-refractivity contribution in [3.05, 3.63) is 48.5 Å². The Bertz CT molecular complexity index is 672. The van der Waals surface area contributed by atoms with Crippen molar-refractivity contribution in [2.24, 2.45) is 0 Å². The highest BCUT2D eigenvalue weighted by Crippen LogP contribution is 2.25. The van der Waals surface area contributed by atoms with Crippen LogP contribution in [0.1, 0.15) is 0 Å². The van der Waals surface area contributed by atoms with Gasteiger partial charge in [0.2, 0.25) is 0 Å². The number of alkyl halides is 3. The van der Waals surface area contributed by atoms with Gasteiger partial charge in [-0.2, -0.15) is 0 Å². The third-order valence-electron chi connectivity index (χ3n) is 2.70. The van der Waals surface area contributed by atoms with Crippen molar-refractivity contribution in [3.63, 3.8) is 0 Å². The molecule has 0 atom stereocenters. The van der Waals surface area contributed by atoms with E-state index in [2.05, 4.69) is 15.4 Å². The molecule has 0 spiro atoms. The number of anilines is 2. The zero-order chi connectivity index (χ0) is 16.9. The highest BCUT2D eigenvalue weighted by Gasteiger charge is 2.30. The Kier molecular flexibility index (Phi) is 4.95. The Morgan fingerprint density at radius 1 is 1.00 bits per heavy atom. The Labute approximate surface area is 130 Å². The Hall–Kier alpha value is -2.90. The van der Waals surface area contributed by atoms with Crippen molar-refractivity contribution >= 4 is 17.4 Å². The van der Waals surface area contributed by atoms with E-state index >= 15 is 0 Å². The molecule has 23 heavy (non-hydrogen) atoms. The molecular formula is C15H13F3N2O3. The Balaban J connectivity index is 1.98. The summed E-state index contributed by atoms with van der Waals surface area (Å²) in [5, 5.41) is 5.07. The molecule has 0 aromatic heterocycles. The summed E-state index contributed by atoms with van der Waals surface area (Å²) in [5.41, 5.74) is 0.774. The molecule has 2 N–H and O–H groups in total. The molecule has 8 heteroatoms. The number of carbonyl (C=O) groups excluding carboxylic acids is 1. The summed E-state index contributed by atoms with van der Waals surface area (Å²) in [6.45, 7) is 0. The number of hydrogen-bond acceptors (Lipinski definition) is 3. The van der Waals surface area contributed by atoms with Crippen LogP contribution < -0.4 is 20.1 Å². The molecule has 0 aliphatic carbocycles. The molecule has 2 aromatic carbocycles. The predicted octanol–water partition coefficient (Wildman–Crippen LogP) is 4.24. The molecule has 5 nitrogen and oxygen atoms in total. The van der Waals surface area contributed by atoms with E-state index in [9.17, 15) is 18.0 Å². The average Bonchev–Trinajstić information content (AvgIpc) is 2.48. The highest BCUT2D eigenvalue weighted by molar-refractivity contribution is 6.00. The van der Waals surface area contributed by atoms with Crippen molar-refractivity contribution in [2.75, 3.05) is 17.7 Å². The fraction of sp³-hybridized carbons (Fsp3) is 0.133. The number of carbonyl (C=O) groups is 1. The quantitative estimate of drug-likeness (QED) is 0.883. The van der Waals surface area contributed by atoms with E-state index in [-0.39, 0.29) is 5.75 Å². The molecule has 2 amide bonds. The SMILES string of the molecule is COc1ccccc1NC(=O)Nc1ccc(OC(F)(F)F)cc1.